The Bertz CT molecular complexity index is 475. The fourth-order valence-corrected chi connectivity index (χ4v) is 2.34. The largest absolute Gasteiger partial charge is 0.493 e. The van der Waals surface area contributed by atoms with Gasteiger partial charge in [-0.2, -0.15) is 0 Å². The monoisotopic (exact) mass is 357 g/mol. The van der Waals surface area contributed by atoms with E-state index in [-0.39, 0.29) is 0 Å². The first kappa shape index (κ1) is 18.0. The van der Waals surface area contributed by atoms with E-state index in [1.165, 1.54) is 5.57 Å². The van der Waals surface area contributed by atoms with Crippen molar-refractivity contribution in [2.24, 2.45) is 0 Å². The number of hydrogen-bond donors (Lipinski definition) is 1. The highest BCUT2D eigenvalue weighted by molar-refractivity contribution is 9.10. The summed E-state index contributed by atoms with van der Waals surface area (Å²) in [5, 5.41) is 3.36. The average Bonchev–Trinajstić information content (AvgIpc) is 2.51. The molecule has 1 N–H and O–H groups in total. The molecule has 118 valence electrons. The fraction of sp³-hybridized carbons (Fsp3) is 0.500. The average molecular weight is 358 g/mol. The van der Waals surface area contributed by atoms with Gasteiger partial charge in [0.25, 0.3) is 0 Å². The summed E-state index contributed by atoms with van der Waals surface area (Å²) in [6.45, 7) is 4.57. The molecular formula is C16H24BrNO3. The second kappa shape index (κ2) is 9.82. The zero-order chi connectivity index (χ0) is 15.7. The third-order valence-corrected chi connectivity index (χ3v) is 3.84. The molecule has 0 aliphatic heterocycles. The molecule has 0 saturated carbocycles. The molecule has 1 rings (SSSR count). The van der Waals surface area contributed by atoms with E-state index in [2.05, 4.69) is 34.2 Å². The van der Waals surface area contributed by atoms with Crippen molar-refractivity contribution in [1.82, 2.24) is 5.32 Å². The second-order valence-corrected chi connectivity index (χ2v) is 5.41. The molecule has 0 fully saturated rings. The molecule has 0 spiro atoms. The summed E-state index contributed by atoms with van der Waals surface area (Å²) in [7, 11) is 4.99. The van der Waals surface area contributed by atoms with E-state index in [4.69, 9.17) is 14.2 Å². The summed E-state index contributed by atoms with van der Waals surface area (Å²) in [5.41, 5.74) is 2.40. The minimum absolute atomic E-state index is 0.719. The van der Waals surface area contributed by atoms with Crippen LogP contribution in [0.1, 0.15) is 18.9 Å². The van der Waals surface area contributed by atoms with Crippen LogP contribution in [0.5, 0.6) is 11.5 Å². The molecule has 5 heteroatoms. The minimum atomic E-state index is 0.719. The van der Waals surface area contributed by atoms with Gasteiger partial charge in [-0.3, -0.25) is 0 Å². The number of ether oxygens (including phenoxy) is 3. The van der Waals surface area contributed by atoms with E-state index in [0.29, 0.717) is 0 Å². The van der Waals surface area contributed by atoms with E-state index in [1.807, 2.05) is 12.1 Å². The normalized spacial score (nSPS) is 11.6. The highest BCUT2D eigenvalue weighted by Crippen LogP contribution is 2.34. The molecule has 0 aromatic heterocycles. The van der Waals surface area contributed by atoms with Gasteiger partial charge in [0.2, 0.25) is 0 Å². The van der Waals surface area contributed by atoms with Gasteiger partial charge in [-0.25, -0.2) is 0 Å². The first-order valence-electron chi connectivity index (χ1n) is 6.96. The van der Waals surface area contributed by atoms with Crippen molar-refractivity contribution in [3.8, 4) is 11.5 Å². The summed E-state index contributed by atoms with van der Waals surface area (Å²) in [6.07, 6.45) is 3.16. The van der Waals surface area contributed by atoms with Crippen LogP contribution in [-0.4, -0.2) is 41.0 Å². The van der Waals surface area contributed by atoms with Gasteiger partial charge in [-0.05, 0) is 24.1 Å². The molecule has 0 amide bonds. The Hall–Kier alpha value is -1.04. The summed E-state index contributed by atoms with van der Waals surface area (Å²) in [4.78, 5) is 0. The van der Waals surface area contributed by atoms with Gasteiger partial charge in [0.05, 0.1) is 20.8 Å². The Morgan fingerprint density at radius 3 is 2.43 bits per heavy atom. The smallest absolute Gasteiger partial charge is 0.161 e. The van der Waals surface area contributed by atoms with Crippen molar-refractivity contribution in [1.29, 1.82) is 0 Å². The van der Waals surface area contributed by atoms with E-state index < -0.39 is 0 Å². The lowest BCUT2D eigenvalue weighted by Gasteiger charge is -2.12. The Morgan fingerprint density at radius 1 is 1.19 bits per heavy atom. The fourth-order valence-electron chi connectivity index (χ4n) is 1.90. The van der Waals surface area contributed by atoms with E-state index in [0.717, 1.165) is 47.7 Å². The molecule has 1 aromatic rings. The van der Waals surface area contributed by atoms with Gasteiger partial charge in [-0.15, -0.1) is 0 Å². The van der Waals surface area contributed by atoms with Crippen molar-refractivity contribution in [2.75, 3.05) is 41.0 Å². The number of benzene rings is 1. The lowest BCUT2D eigenvalue weighted by Crippen LogP contribution is -2.21. The number of nitrogens with one attached hydrogen (secondary N) is 1. The van der Waals surface area contributed by atoms with Crippen LogP contribution in [0.4, 0.5) is 0 Å². The van der Waals surface area contributed by atoms with Gasteiger partial charge in [-0.1, -0.05) is 34.5 Å². The molecular weight excluding hydrogens is 334 g/mol. The van der Waals surface area contributed by atoms with Crippen molar-refractivity contribution in [3.63, 3.8) is 0 Å². The molecule has 0 unspecified atom stereocenters. The van der Waals surface area contributed by atoms with Crippen LogP contribution in [-0.2, 0) is 4.74 Å². The van der Waals surface area contributed by atoms with E-state index in [9.17, 15) is 0 Å². The van der Waals surface area contributed by atoms with Gasteiger partial charge < -0.3 is 19.5 Å². The molecule has 21 heavy (non-hydrogen) atoms. The zero-order valence-electron chi connectivity index (χ0n) is 13.2. The first-order chi connectivity index (χ1) is 10.2. The second-order valence-electron chi connectivity index (χ2n) is 4.55. The number of halogens is 1. The first-order valence-corrected chi connectivity index (χ1v) is 7.76. The van der Waals surface area contributed by atoms with Crippen LogP contribution in [0.3, 0.4) is 0 Å². The highest BCUT2D eigenvalue weighted by Gasteiger charge is 2.08. The Balaban J connectivity index is 2.89. The van der Waals surface area contributed by atoms with Gasteiger partial charge in [0.1, 0.15) is 0 Å². The maximum Gasteiger partial charge on any atom is 0.161 e. The molecule has 0 atom stereocenters. The lowest BCUT2D eigenvalue weighted by atomic mass is 10.1. The summed E-state index contributed by atoms with van der Waals surface area (Å²) >= 11 is 3.58. The Labute approximate surface area is 135 Å². The molecule has 0 heterocycles. The molecule has 4 nitrogen and oxygen atoms in total. The van der Waals surface area contributed by atoms with Crippen LogP contribution in [0, 0.1) is 0 Å². The van der Waals surface area contributed by atoms with Crippen molar-refractivity contribution in [2.45, 2.75) is 13.3 Å². The minimum Gasteiger partial charge on any atom is -0.493 e. The molecule has 0 radical (unpaired) electrons. The van der Waals surface area contributed by atoms with Crippen molar-refractivity contribution in [3.05, 3.63) is 27.7 Å². The molecule has 1 aromatic carbocycles. The van der Waals surface area contributed by atoms with Crippen LogP contribution in [0.15, 0.2) is 22.2 Å². The molecule has 0 saturated heterocycles. The van der Waals surface area contributed by atoms with Crippen LogP contribution in [0.2, 0.25) is 0 Å². The number of methoxy groups -OCH3 is 3. The van der Waals surface area contributed by atoms with Gasteiger partial charge in [0.15, 0.2) is 11.5 Å². The predicted molar refractivity (Wildman–Crippen MR) is 90.3 cm³/mol. The summed E-state index contributed by atoms with van der Waals surface area (Å²) in [5.74, 6) is 1.45. The number of rotatable bonds is 9. The molecule has 0 bridgehead atoms. The topological polar surface area (TPSA) is 39.7 Å². The SMILES string of the molecule is CCC(=Cc1cc(OC)c(OC)cc1Br)CNCCOC. The maximum atomic E-state index is 5.35. The summed E-state index contributed by atoms with van der Waals surface area (Å²) < 4.78 is 16.7. The quantitative estimate of drug-likeness (QED) is 0.686. The third-order valence-electron chi connectivity index (χ3n) is 3.15. The Kier molecular flexibility index (Phi) is 8.42. The van der Waals surface area contributed by atoms with Crippen LogP contribution >= 0.6 is 15.9 Å². The Morgan fingerprint density at radius 2 is 1.86 bits per heavy atom. The third kappa shape index (κ3) is 5.69. The van der Waals surface area contributed by atoms with Crippen molar-refractivity contribution < 1.29 is 14.2 Å². The van der Waals surface area contributed by atoms with Gasteiger partial charge in [0, 0.05) is 24.7 Å². The highest BCUT2D eigenvalue weighted by atomic mass is 79.9. The summed E-state index contributed by atoms with van der Waals surface area (Å²) in [6, 6.07) is 3.91. The van der Waals surface area contributed by atoms with Gasteiger partial charge >= 0.3 is 0 Å². The van der Waals surface area contributed by atoms with E-state index >= 15 is 0 Å². The molecule has 0 aliphatic rings. The van der Waals surface area contributed by atoms with Crippen molar-refractivity contribution >= 4 is 22.0 Å². The maximum absolute atomic E-state index is 5.35. The number of hydrogen-bond acceptors (Lipinski definition) is 4. The zero-order valence-corrected chi connectivity index (χ0v) is 14.7. The standard InChI is InChI=1S/C16H24BrNO3/c1-5-12(11-18-6-7-19-2)8-13-9-15(20-3)16(21-4)10-14(13)17/h8-10,18H,5-7,11H2,1-4H3. The van der Waals surface area contributed by atoms with Crippen LogP contribution in [0.25, 0.3) is 6.08 Å². The van der Waals surface area contributed by atoms with E-state index in [1.54, 1.807) is 21.3 Å². The predicted octanol–water partition coefficient (Wildman–Crippen LogP) is 3.50. The van der Waals surface area contributed by atoms with Crippen LogP contribution < -0.4 is 14.8 Å². The molecule has 0 aliphatic carbocycles. The lowest BCUT2D eigenvalue weighted by molar-refractivity contribution is 0.200.